The summed E-state index contributed by atoms with van der Waals surface area (Å²) in [6.07, 6.45) is 6.41. The van der Waals surface area contributed by atoms with Crippen LogP contribution < -0.4 is 11.1 Å². The topological polar surface area (TPSA) is 123 Å². The number of pyridine rings is 1. The zero-order valence-corrected chi connectivity index (χ0v) is 17.2. The lowest BCUT2D eigenvalue weighted by molar-refractivity contribution is -0.137. The minimum absolute atomic E-state index is 0.0387. The monoisotopic (exact) mass is 452 g/mol. The van der Waals surface area contributed by atoms with Crippen molar-refractivity contribution in [2.24, 2.45) is 5.73 Å². The fraction of sp³-hybridized carbons (Fsp3) is 0.227. The fourth-order valence-electron chi connectivity index (χ4n) is 3.81. The van der Waals surface area contributed by atoms with Crippen LogP contribution in [0.1, 0.15) is 22.5 Å². The van der Waals surface area contributed by atoms with Gasteiger partial charge in [-0.2, -0.15) is 5.10 Å². The molecule has 168 valence electrons. The number of hydrogen-bond acceptors (Lipinski definition) is 5. The van der Waals surface area contributed by atoms with E-state index in [1.165, 1.54) is 41.3 Å². The van der Waals surface area contributed by atoms with E-state index in [1.807, 2.05) is 0 Å². The Balaban J connectivity index is 1.57. The number of aromatic nitrogens is 3. The molecule has 2 aromatic heterocycles. The number of fused-ring (bicyclic) bond motifs is 1. The molecular formula is C22H18F2N6O3. The van der Waals surface area contributed by atoms with Crippen molar-refractivity contribution in [3.05, 3.63) is 53.7 Å². The number of benzene rings is 1. The second kappa shape index (κ2) is 8.66. The molecule has 0 bridgehead atoms. The standard InChI is InChI=1S/C22H18F2N6O3/c1-2-12-4-3-5-15(19(12)24)27-22(33)16-8-13(23)10-29(16)18(31)11-30-17-9-26-7-6-14(17)20(28-30)21(25)32/h1,3-7,9,13,16H,8,10-11H2,(H2,25,32)(H,27,33)/t13-,16+/m1/s1. The van der Waals surface area contributed by atoms with Gasteiger partial charge in [0.1, 0.15) is 18.8 Å². The van der Waals surface area contributed by atoms with Crippen molar-refractivity contribution in [3.8, 4) is 12.3 Å². The molecule has 0 aliphatic carbocycles. The maximum absolute atomic E-state index is 14.4. The molecule has 1 fully saturated rings. The van der Waals surface area contributed by atoms with E-state index < -0.39 is 35.8 Å². The van der Waals surface area contributed by atoms with Crippen molar-refractivity contribution in [2.45, 2.75) is 25.2 Å². The third-order valence-corrected chi connectivity index (χ3v) is 5.36. The lowest BCUT2D eigenvalue weighted by Crippen LogP contribution is -2.44. The minimum Gasteiger partial charge on any atom is -0.364 e. The third kappa shape index (κ3) is 4.10. The van der Waals surface area contributed by atoms with Gasteiger partial charge < -0.3 is 16.0 Å². The quantitative estimate of drug-likeness (QED) is 0.564. The average Bonchev–Trinajstić information content (AvgIpc) is 3.36. The molecule has 0 saturated carbocycles. The number of hydrogen-bond donors (Lipinski definition) is 2. The molecule has 33 heavy (non-hydrogen) atoms. The predicted octanol–water partition coefficient (Wildman–Crippen LogP) is 1.23. The summed E-state index contributed by atoms with van der Waals surface area (Å²) < 4.78 is 29.8. The van der Waals surface area contributed by atoms with E-state index in [2.05, 4.69) is 21.3 Å². The smallest absolute Gasteiger partial charge is 0.269 e. The van der Waals surface area contributed by atoms with E-state index in [0.29, 0.717) is 10.9 Å². The molecule has 3 heterocycles. The first-order valence-corrected chi connectivity index (χ1v) is 9.90. The van der Waals surface area contributed by atoms with Crippen LogP contribution in [0.4, 0.5) is 14.5 Å². The molecule has 0 radical (unpaired) electrons. The molecule has 1 aliphatic heterocycles. The second-order valence-electron chi connectivity index (χ2n) is 7.46. The average molecular weight is 452 g/mol. The second-order valence-corrected chi connectivity index (χ2v) is 7.46. The van der Waals surface area contributed by atoms with Gasteiger partial charge in [-0.3, -0.25) is 24.0 Å². The number of amides is 3. The van der Waals surface area contributed by atoms with Gasteiger partial charge >= 0.3 is 0 Å². The Morgan fingerprint density at radius 2 is 2.09 bits per heavy atom. The van der Waals surface area contributed by atoms with E-state index >= 15 is 0 Å². The van der Waals surface area contributed by atoms with Crippen LogP contribution in [0.25, 0.3) is 10.9 Å². The first-order chi connectivity index (χ1) is 15.8. The van der Waals surface area contributed by atoms with Gasteiger partial charge in [0.05, 0.1) is 29.5 Å². The number of likely N-dealkylation sites (tertiary alicyclic amines) is 1. The number of primary amides is 1. The van der Waals surface area contributed by atoms with E-state index in [4.69, 9.17) is 12.2 Å². The summed E-state index contributed by atoms with van der Waals surface area (Å²) in [6, 6.07) is 4.52. The molecule has 3 amide bonds. The number of alkyl halides is 1. The van der Waals surface area contributed by atoms with Crippen molar-refractivity contribution in [2.75, 3.05) is 11.9 Å². The number of terminal acetylenes is 1. The highest BCUT2D eigenvalue weighted by molar-refractivity contribution is 6.04. The number of nitrogens with two attached hydrogens (primary N) is 1. The molecule has 11 heteroatoms. The van der Waals surface area contributed by atoms with Crippen molar-refractivity contribution in [3.63, 3.8) is 0 Å². The van der Waals surface area contributed by atoms with Gasteiger partial charge in [-0.15, -0.1) is 6.42 Å². The molecule has 0 unspecified atom stereocenters. The molecule has 9 nitrogen and oxygen atoms in total. The van der Waals surface area contributed by atoms with Crippen LogP contribution in [-0.4, -0.2) is 56.1 Å². The predicted molar refractivity (Wildman–Crippen MR) is 114 cm³/mol. The summed E-state index contributed by atoms with van der Waals surface area (Å²) in [5.41, 5.74) is 5.49. The molecule has 3 N–H and O–H groups in total. The molecule has 0 spiro atoms. The highest BCUT2D eigenvalue weighted by Gasteiger charge is 2.40. The highest BCUT2D eigenvalue weighted by atomic mass is 19.1. The summed E-state index contributed by atoms with van der Waals surface area (Å²) in [5.74, 6) is -0.774. The molecule has 4 rings (SSSR count). The van der Waals surface area contributed by atoms with Gasteiger partial charge in [0.2, 0.25) is 11.8 Å². The zero-order valence-electron chi connectivity index (χ0n) is 17.2. The summed E-state index contributed by atoms with van der Waals surface area (Å²) in [6.45, 7) is -0.698. The number of nitrogens with one attached hydrogen (secondary N) is 1. The molecule has 1 aliphatic rings. The SMILES string of the molecule is C#Cc1cccc(NC(=O)[C@@H]2C[C@@H](F)CN2C(=O)Cn2nc(C(N)=O)c3ccncc32)c1F. The number of nitrogens with zero attached hydrogens (tertiary/aromatic N) is 4. The largest absolute Gasteiger partial charge is 0.364 e. The molecular weight excluding hydrogens is 434 g/mol. The van der Waals surface area contributed by atoms with E-state index in [-0.39, 0.29) is 36.5 Å². The van der Waals surface area contributed by atoms with Crippen LogP contribution in [0, 0.1) is 18.2 Å². The summed E-state index contributed by atoms with van der Waals surface area (Å²) >= 11 is 0. The van der Waals surface area contributed by atoms with E-state index in [0.717, 1.165) is 4.90 Å². The van der Waals surface area contributed by atoms with Crippen molar-refractivity contribution < 1.29 is 23.2 Å². The fourth-order valence-corrected chi connectivity index (χ4v) is 3.81. The Kier molecular flexibility index (Phi) is 5.74. The Hall–Kier alpha value is -4.33. The molecule has 2 atom stereocenters. The van der Waals surface area contributed by atoms with E-state index in [1.54, 1.807) is 0 Å². The minimum atomic E-state index is -1.44. The number of carbonyl (C=O) groups excluding carboxylic acids is 3. The van der Waals surface area contributed by atoms with Crippen LogP contribution in [0.5, 0.6) is 0 Å². The van der Waals surface area contributed by atoms with Crippen LogP contribution in [0.15, 0.2) is 36.7 Å². The van der Waals surface area contributed by atoms with Gasteiger partial charge in [0, 0.05) is 18.0 Å². The molecule has 3 aromatic rings. The van der Waals surface area contributed by atoms with Crippen LogP contribution >= 0.6 is 0 Å². The number of rotatable bonds is 5. The third-order valence-electron chi connectivity index (χ3n) is 5.36. The number of anilines is 1. The maximum atomic E-state index is 14.4. The lowest BCUT2D eigenvalue weighted by atomic mass is 10.1. The Morgan fingerprint density at radius 1 is 1.30 bits per heavy atom. The summed E-state index contributed by atoms with van der Waals surface area (Å²) in [7, 11) is 0. The first kappa shape index (κ1) is 21.9. The van der Waals surface area contributed by atoms with Gasteiger partial charge in [0.15, 0.2) is 11.5 Å². The summed E-state index contributed by atoms with van der Waals surface area (Å²) in [5, 5.41) is 6.87. The lowest BCUT2D eigenvalue weighted by Gasteiger charge is -2.24. The molecule has 1 saturated heterocycles. The number of halogens is 2. The van der Waals surface area contributed by atoms with Crippen LogP contribution in [0.3, 0.4) is 0 Å². The van der Waals surface area contributed by atoms with Gasteiger partial charge in [-0.05, 0) is 18.2 Å². The van der Waals surface area contributed by atoms with Crippen LogP contribution in [-0.2, 0) is 16.1 Å². The summed E-state index contributed by atoms with van der Waals surface area (Å²) in [4.78, 5) is 42.5. The molecule has 1 aromatic carbocycles. The Bertz CT molecular complexity index is 1320. The first-order valence-electron chi connectivity index (χ1n) is 9.90. The van der Waals surface area contributed by atoms with Gasteiger partial charge in [-0.25, -0.2) is 8.78 Å². The van der Waals surface area contributed by atoms with Crippen molar-refractivity contribution in [1.82, 2.24) is 19.7 Å². The normalized spacial score (nSPS) is 17.7. The Labute approximate surface area is 186 Å². The Morgan fingerprint density at radius 3 is 2.82 bits per heavy atom. The van der Waals surface area contributed by atoms with Crippen molar-refractivity contribution >= 4 is 34.3 Å². The van der Waals surface area contributed by atoms with Gasteiger partial charge in [-0.1, -0.05) is 12.0 Å². The van der Waals surface area contributed by atoms with Gasteiger partial charge in [0.25, 0.3) is 5.91 Å². The van der Waals surface area contributed by atoms with Crippen LogP contribution in [0.2, 0.25) is 0 Å². The number of carbonyl (C=O) groups is 3. The van der Waals surface area contributed by atoms with E-state index in [9.17, 15) is 23.2 Å². The highest BCUT2D eigenvalue weighted by Crippen LogP contribution is 2.25. The maximum Gasteiger partial charge on any atom is 0.269 e. The van der Waals surface area contributed by atoms with Crippen molar-refractivity contribution in [1.29, 1.82) is 0 Å². The zero-order chi connectivity index (χ0) is 23.7.